The fourth-order valence-electron chi connectivity index (χ4n) is 5.30. The Bertz CT molecular complexity index is 1540. The molecule has 0 aliphatic carbocycles. The molecule has 5 rings (SSSR count). The quantitative estimate of drug-likeness (QED) is 0.202. The van der Waals surface area contributed by atoms with Gasteiger partial charge in [-0.1, -0.05) is 65.7 Å². The molecule has 1 aliphatic rings. The van der Waals surface area contributed by atoms with Gasteiger partial charge in [0.15, 0.2) is 0 Å². The Hall–Kier alpha value is -4.31. The number of benzene rings is 4. The van der Waals surface area contributed by atoms with Gasteiger partial charge in [-0.2, -0.15) is 0 Å². The Morgan fingerprint density at radius 2 is 1.26 bits per heavy atom. The molecule has 190 valence electrons. The summed E-state index contributed by atoms with van der Waals surface area (Å²) in [5, 5.41) is 0. The molecular weight excluding hydrogens is 468 g/mol. The van der Waals surface area contributed by atoms with E-state index in [2.05, 4.69) is 65.0 Å². The molecule has 0 radical (unpaired) electrons. The van der Waals surface area contributed by atoms with Crippen LogP contribution in [0.1, 0.15) is 62.2 Å². The first-order chi connectivity index (χ1) is 18.4. The molecule has 1 aliphatic heterocycles. The van der Waals surface area contributed by atoms with E-state index in [1.54, 1.807) is 0 Å². The molecule has 0 spiro atoms. The highest BCUT2D eigenvalue weighted by atomic mass is 16.6. The van der Waals surface area contributed by atoms with Crippen LogP contribution in [-0.2, 0) is 4.42 Å². The molecule has 0 aromatic heterocycles. The third kappa shape index (κ3) is 5.35. The van der Waals surface area contributed by atoms with Gasteiger partial charge in [0.1, 0.15) is 12.1 Å². The predicted octanol–water partition coefficient (Wildman–Crippen LogP) is 8.05. The summed E-state index contributed by atoms with van der Waals surface area (Å²) in [7, 11) is 0. The van der Waals surface area contributed by atoms with E-state index in [-0.39, 0.29) is 12.1 Å². The van der Waals surface area contributed by atoms with Crippen molar-refractivity contribution in [2.75, 3.05) is 0 Å². The fourth-order valence-corrected chi connectivity index (χ4v) is 5.30. The van der Waals surface area contributed by atoms with Gasteiger partial charge in [-0.05, 0) is 74.6 Å². The second-order valence-corrected chi connectivity index (χ2v) is 10.0. The smallest absolute Gasteiger partial charge is 0.282 e. The lowest BCUT2D eigenvalue weighted by Gasteiger charge is -2.26. The molecule has 0 bridgehead atoms. The Kier molecular flexibility index (Phi) is 7.32. The maximum Gasteiger partial charge on any atom is 0.485 e. The van der Waals surface area contributed by atoms with Crippen LogP contribution in [0.4, 0.5) is 0 Å². The molecule has 0 fully saturated rings. The lowest BCUT2D eigenvalue weighted by molar-refractivity contribution is -0.369. The second-order valence-electron chi connectivity index (χ2n) is 10.0. The predicted molar refractivity (Wildman–Crippen MR) is 156 cm³/mol. The highest BCUT2D eigenvalue weighted by Gasteiger charge is 2.28. The number of aliphatic imine (C=N–C) groups is 2. The van der Waals surface area contributed by atoms with Gasteiger partial charge in [0, 0.05) is 24.6 Å². The molecule has 0 saturated carbocycles. The fraction of sp³-hybridized carbons (Fsp3) is 0.206. The third-order valence-electron chi connectivity index (χ3n) is 7.01. The molecule has 38 heavy (non-hydrogen) atoms. The molecule has 0 N–H and O–H groups in total. The SMILES string of the molecule is Cc1ccc([C@H]2N=Cc3ccccc3[O+]=COc3ccccc3C=NC2c2c(C)cc(C)cc2C)c(C)c1. The van der Waals surface area contributed by atoms with Crippen LogP contribution in [-0.4, -0.2) is 18.9 Å². The molecular formula is C34H33N2O2+. The summed E-state index contributed by atoms with van der Waals surface area (Å²) in [6, 6.07) is 26.2. The van der Waals surface area contributed by atoms with Gasteiger partial charge >= 0.3 is 6.47 Å². The van der Waals surface area contributed by atoms with Crippen molar-refractivity contribution >= 4 is 18.9 Å². The Morgan fingerprint density at radius 1 is 0.632 bits per heavy atom. The molecule has 4 heteroatoms. The maximum atomic E-state index is 5.92. The normalized spacial score (nSPS) is 17.0. The van der Waals surface area contributed by atoms with Gasteiger partial charge in [0.2, 0.25) is 0 Å². The van der Waals surface area contributed by atoms with Gasteiger partial charge in [0.05, 0.1) is 11.1 Å². The Labute approximate surface area is 225 Å². The van der Waals surface area contributed by atoms with Crippen molar-refractivity contribution < 1.29 is 9.16 Å². The topological polar surface area (TPSA) is 45.2 Å². The highest BCUT2D eigenvalue weighted by molar-refractivity contribution is 5.85. The van der Waals surface area contributed by atoms with Crippen LogP contribution < -0.4 is 4.74 Å². The van der Waals surface area contributed by atoms with Crippen molar-refractivity contribution in [3.63, 3.8) is 0 Å². The minimum Gasteiger partial charge on any atom is -0.282 e. The zero-order valence-corrected chi connectivity index (χ0v) is 22.6. The van der Waals surface area contributed by atoms with E-state index in [1.165, 1.54) is 39.9 Å². The van der Waals surface area contributed by atoms with Crippen LogP contribution in [0.5, 0.6) is 11.5 Å². The zero-order valence-electron chi connectivity index (χ0n) is 22.6. The summed E-state index contributed by atoms with van der Waals surface area (Å²) in [6.45, 7) is 12.1. The number of nitrogens with zero attached hydrogens (tertiary/aromatic N) is 2. The van der Waals surface area contributed by atoms with Crippen LogP contribution in [0.25, 0.3) is 0 Å². The molecule has 0 amide bonds. The van der Waals surface area contributed by atoms with E-state index in [0.717, 1.165) is 16.7 Å². The largest absolute Gasteiger partial charge is 0.485 e. The van der Waals surface area contributed by atoms with Crippen LogP contribution in [0.15, 0.2) is 88.8 Å². The summed E-state index contributed by atoms with van der Waals surface area (Å²) in [6.07, 6.45) is 3.81. The molecule has 1 unspecified atom stereocenters. The first-order valence-electron chi connectivity index (χ1n) is 12.9. The van der Waals surface area contributed by atoms with E-state index >= 15 is 0 Å². The second kappa shape index (κ2) is 11.0. The average Bonchev–Trinajstić information content (AvgIpc) is 2.89. The summed E-state index contributed by atoms with van der Waals surface area (Å²) < 4.78 is 11.8. The summed E-state index contributed by atoms with van der Waals surface area (Å²) in [5.74, 6) is 1.35. The first kappa shape index (κ1) is 25.3. The molecule has 4 nitrogen and oxygen atoms in total. The molecule has 2 atom stereocenters. The van der Waals surface area contributed by atoms with Crippen molar-refractivity contribution in [3.8, 4) is 11.5 Å². The Balaban J connectivity index is 1.79. The van der Waals surface area contributed by atoms with Gasteiger partial charge < -0.3 is 0 Å². The minimum absolute atomic E-state index is 0.251. The van der Waals surface area contributed by atoms with Crippen molar-refractivity contribution in [2.24, 2.45) is 9.98 Å². The molecule has 4 aromatic rings. The van der Waals surface area contributed by atoms with Crippen LogP contribution in [0.2, 0.25) is 0 Å². The molecule has 1 heterocycles. The number of fused-ring (bicyclic) bond motifs is 2. The van der Waals surface area contributed by atoms with E-state index in [4.69, 9.17) is 19.1 Å². The number of aryl methyl sites for hydroxylation is 5. The lowest BCUT2D eigenvalue weighted by atomic mass is 9.86. The van der Waals surface area contributed by atoms with Crippen molar-refractivity contribution in [1.82, 2.24) is 0 Å². The lowest BCUT2D eigenvalue weighted by Crippen LogP contribution is -2.13. The summed E-state index contributed by atoms with van der Waals surface area (Å²) >= 11 is 0. The standard InChI is InChI=1S/C34H33N2O2/c1-22-14-15-29(24(3)16-22)33-34(32-25(4)17-23(2)18-26(32)5)36-20-28-11-7-9-13-31(28)38-21-37-30-12-8-6-10-27(30)19-35-33/h6-21,33-34H,1-5H3/q+1/t33-,34?/m1/s1. The number of hydrogen-bond donors (Lipinski definition) is 0. The van der Waals surface area contributed by atoms with E-state index in [0.29, 0.717) is 11.5 Å². The molecule has 0 saturated heterocycles. The van der Waals surface area contributed by atoms with Crippen LogP contribution in [0, 0.1) is 34.6 Å². The van der Waals surface area contributed by atoms with Crippen LogP contribution >= 0.6 is 0 Å². The summed E-state index contributed by atoms with van der Waals surface area (Å²) in [5.41, 5.74) is 10.2. The number of hydrogen-bond acceptors (Lipinski definition) is 3. The number of carbonyl (C=O) groups excluding carboxylic acids is 1. The van der Waals surface area contributed by atoms with Crippen molar-refractivity contribution in [2.45, 2.75) is 46.7 Å². The van der Waals surface area contributed by atoms with Crippen molar-refractivity contribution in [3.05, 3.63) is 129 Å². The minimum atomic E-state index is -0.252. The summed E-state index contributed by atoms with van der Waals surface area (Å²) in [4.78, 5) is 10.5. The van der Waals surface area contributed by atoms with E-state index in [1.807, 2.05) is 61.0 Å². The zero-order chi connectivity index (χ0) is 26.6. The van der Waals surface area contributed by atoms with Gasteiger partial charge in [-0.25, -0.2) is 0 Å². The van der Waals surface area contributed by atoms with E-state index in [9.17, 15) is 0 Å². The number of para-hydroxylation sites is 2. The van der Waals surface area contributed by atoms with Gasteiger partial charge in [-0.15, -0.1) is 0 Å². The highest BCUT2D eigenvalue weighted by Crippen LogP contribution is 2.40. The van der Waals surface area contributed by atoms with Crippen LogP contribution in [0.3, 0.4) is 0 Å². The monoisotopic (exact) mass is 501 g/mol. The van der Waals surface area contributed by atoms with Gasteiger partial charge in [0.25, 0.3) is 11.5 Å². The first-order valence-corrected chi connectivity index (χ1v) is 12.9. The third-order valence-corrected chi connectivity index (χ3v) is 7.01. The van der Waals surface area contributed by atoms with Crippen molar-refractivity contribution in [1.29, 1.82) is 0 Å². The average molecular weight is 502 g/mol. The maximum absolute atomic E-state index is 5.92. The number of ether oxygens (including phenoxy) is 1. The van der Waals surface area contributed by atoms with E-state index < -0.39 is 0 Å². The number of rotatable bonds is 2. The molecule has 4 aromatic carbocycles. The van der Waals surface area contributed by atoms with Gasteiger partial charge in [-0.3, -0.25) is 19.1 Å². The Morgan fingerprint density at radius 3 is 2.03 bits per heavy atom.